The van der Waals surface area contributed by atoms with E-state index in [1.165, 1.54) is 6.08 Å². The maximum atomic E-state index is 9.63. The van der Waals surface area contributed by atoms with E-state index in [4.69, 9.17) is 11.6 Å². The van der Waals surface area contributed by atoms with Crippen LogP contribution in [0.3, 0.4) is 0 Å². The molecule has 0 spiro atoms. The van der Waals surface area contributed by atoms with Crippen molar-refractivity contribution in [3.05, 3.63) is 12.7 Å². The van der Waals surface area contributed by atoms with Crippen LogP contribution in [0.4, 0.5) is 0 Å². The van der Waals surface area contributed by atoms with E-state index in [-0.39, 0.29) is 8.46 Å². The Hall–Kier alpha value is 0.130. The third-order valence-electron chi connectivity index (χ3n) is 0.295. The summed E-state index contributed by atoms with van der Waals surface area (Å²) in [6.45, 7) is 3.29. The molecule has 1 nitrogen and oxygen atoms in total. The minimum absolute atomic E-state index is 0.0745. The van der Waals surface area contributed by atoms with E-state index in [1.807, 2.05) is 0 Å². The van der Waals surface area contributed by atoms with Crippen LogP contribution >= 0.6 is 20.1 Å². The molecule has 3 heteroatoms. The molecule has 1 unspecified atom stereocenters. The van der Waals surface area contributed by atoms with Gasteiger partial charge in [-0.15, -0.1) is 18.2 Å². The monoisotopic (exact) mass is 122 g/mol. The maximum Gasteiger partial charge on any atom is 0.179 e. The number of hydrogen-bond acceptors (Lipinski definition) is 1. The second-order valence-electron chi connectivity index (χ2n) is 0.714. The molecule has 0 aliphatic carbocycles. The lowest BCUT2D eigenvalue weighted by Crippen LogP contribution is -1.70. The van der Waals surface area contributed by atoms with E-state index in [9.17, 15) is 4.57 Å². The van der Waals surface area contributed by atoms with E-state index in [1.54, 1.807) is 0 Å². The number of alkyl halides is 1. The molecule has 34 valence electrons. The molecule has 0 rings (SSSR count). The fourth-order valence-corrected chi connectivity index (χ4v) is 0.129. The average molecular weight is 122 g/mol. The molecule has 0 amide bonds. The van der Waals surface area contributed by atoms with Crippen LogP contribution in [-0.4, -0.2) is 5.12 Å². The van der Waals surface area contributed by atoms with E-state index in [2.05, 4.69) is 6.58 Å². The largest absolute Gasteiger partial charge is 0.273 e. The maximum absolute atomic E-state index is 9.63. The molecule has 0 heterocycles. The quantitative estimate of drug-likeness (QED) is 0.311. The van der Waals surface area contributed by atoms with Gasteiger partial charge >= 0.3 is 0 Å². The third-order valence-corrected chi connectivity index (χ3v) is 1.12. The van der Waals surface area contributed by atoms with Crippen molar-refractivity contribution in [1.29, 1.82) is 0 Å². The normalized spacial score (nSPS) is 14.2. The summed E-state index contributed by atoms with van der Waals surface area (Å²) in [5.41, 5.74) is 0. The molecule has 0 saturated carbocycles. The van der Waals surface area contributed by atoms with Crippen molar-refractivity contribution < 1.29 is 4.57 Å². The summed E-state index contributed by atoms with van der Waals surface area (Å²) < 4.78 is 9.63. The lowest BCUT2D eigenvalue weighted by molar-refractivity contribution is 0.599. The zero-order chi connectivity index (χ0) is 4.99. The van der Waals surface area contributed by atoms with Crippen LogP contribution in [0, 0.1) is 0 Å². The summed E-state index contributed by atoms with van der Waals surface area (Å²) >= 11 is 5.21. The summed E-state index contributed by atoms with van der Waals surface area (Å²) in [5, 5.41) is -0.412. The zero-order valence-electron chi connectivity index (χ0n) is 3.10. The first-order chi connectivity index (χ1) is 2.81. The lowest BCUT2D eigenvalue weighted by atomic mass is 10.8. The molecule has 0 aliphatic heterocycles. The molecule has 6 heavy (non-hydrogen) atoms. The van der Waals surface area contributed by atoms with Gasteiger partial charge in [0, 0.05) is 0 Å². The first kappa shape index (κ1) is 6.13. The average Bonchev–Trinajstić information content (AvgIpc) is 1.65. The van der Waals surface area contributed by atoms with Crippen molar-refractivity contribution in [3.8, 4) is 0 Å². The molecule has 0 aromatic rings. The van der Waals surface area contributed by atoms with Crippen molar-refractivity contribution >= 4 is 20.1 Å². The predicted octanol–water partition coefficient (Wildman–Crippen LogP) is 2.03. The Morgan fingerprint density at radius 2 is 2.50 bits per heavy atom. The number of halogens is 1. The van der Waals surface area contributed by atoms with Crippen LogP contribution in [0.2, 0.25) is 0 Å². The van der Waals surface area contributed by atoms with E-state index < -0.39 is 5.12 Å². The second kappa shape index (κ2) is 3.32. The standard InChI is InChI=1S/C3H4ClOP/c1-2-3(4)6-5/h2-3H,1H2. The number of hydrogen-bond donors (Lipinski definition) is 0. The minimum Gasteiger partial charge on any atom is -0.273 e. The summed E-state index contributed by atoms with van der Waals surface area (Å²) in [6, 6.07) is 0. The topological polar surface area (TPSA) is 17.1 Å². The van der Waals surface area contributed by atoms with Gasteiger partial charge in [-0.3, -0.25) is 4.57 Å². The van der Waals surface area contributed by atoms with E-state index >= 15 is 0 Å². The van der Waals surface area contributed by atoms with Gasteiger partial charge in [0.1, 0.15) is 5.12 Å². The minimum atomic E-state index is -0.412. The molecule has 0 aromatic heterocycles. The molecule has 0 saturated heterocycles. The molecule has 0 fully saturated rings. The van der Waals surface area contributed by atoms with Gasteiger partial charge in [0.15, 0.2) is 8.46 Å². The van der Waals surface area contributed by atoms with Crippen molar-refractivity contribution in [2.24, 2.45) is 0 Å². The first-order valence-electron chi connectivity index (χ1n) is 1.40. The highest BCUT2D eigenvalue weighted by Gasteiger charge is 1.89. The predicted molar refractivity (Wildman–Crippen MR) is 27.4 cm³/mol. The summed E-state index contributed by atoms with van der Waals surface area (Å²) in [5.74, 6) is 0. The Balaban J connectivity index is 3.21. The Morgan fingerprint density at radius 3 is 2.50 bits per heavy atom. The molecular formula is C3H4ClOP. The summed E-state index contributed by atoms with van der Waals surface area (Å²) in [7, 11) is -0.0745. The van der Waals surface area contributed by atoms with Crippen LogP contribution in [0.25, 0.3) is 0 Å². The van der Waals surface area contributed by atoms with Crippen molar-refractivity contribution in [1.82, 2.24) is 0 Å². The van der Waals surface area contributed by atoms with E-state index in [0.29, 0.717) is 0 Å². The van der Waals surface area contributed by atoms with Gasteiger partial charge < -0.3 is 0 Å². The summed E-state index contributed by atoms with van der Waals surface area (Å²) in [6.07, 6.45) is 1.41. The Labute approximate surface area is 43.2 Å². The van der Waals surface area contributed by atoms with Gasteiger partial charge in [0.05, 0.1) is 0 Å². The molecule has 0 radical (unpaired) electrons. The Morgan fingerprint density at radius 1 is 2.00 bits per heavy atom. The number of allylic oxidation sites excluding steroid dienone is 1. The molecular weight excluding hydrogens is 118 g/mol. The van der Waals surface area contributed by atoms with Gasteiger partial charge in [-0.2, -0.15) is 0 Å². The molecule has 0 N–H and O–H groups in total. The summed E-state index contributed by atoms with van der Waals surface area (Å²) in [4.78, 5) is 0. The van der Waals surface area contributed by atoms with Crippen LogP contribution in [0.15, 0.2) is 12.7 Å². The van der Waals surface area contributed by atoms with Crippen molar-refractivity contribution in [2.75, 3.05) is 0 Å². The fourth-order valence-electron chi connectivity index (χ4n) is 0.0430. The van der Waals surface area contributed by atoms with Gasteiger partial charge in [0.2, 0.25) is 0 Å². The van der Waals surface area contributed by atoms with Gasteiger partial charge in [-0.25, -0.2) is 0 Å². The van der Waals surface area contributed by atoms with Crippen LogP contribution in [-0.2, 0) is 4.57 Å². The molecule has 0 aliphatic rings. The van der Waals surface area contributed by atoms with E-state index in [0.717, 1.165) is 0 Å². The third kappa shape index (κ3) is 2.37. The smallest absolute Gasteiger partial charge is 0.179 e. The Bertz CT molecular complexity index is 55.8. The SMILES string of the molecule is C=CC(Cl)P=O. The number of rotatable bonds is 2. The molecule has 0 bridgehead atoms. The van der Waals surface area contributed by atoms with Crippen molar-refractivity contribution in [3.63, 3.8) is 0 Å². The van der Waals surface area contributed by atoms with Crippen LogP contribution < -0.4 is 0 Å². The van der Waals surface area contributed by atoms with Crippen molar-refractivity contribution in [2.45, 2.75) is 5.12 Å². The highest BCUT2D eigenvalue weighted by atomic mass is 35.5. The molecule has 1 atom stereocenters. The highest BCUT2D eigenvalue weighted by Crippen LogP contribution is 2.10. The fraction of sp³-hybridized carbons (Fsp3) is 0.333. The van der Waals surface area contributed by atoms with Gasteiger partial charge in [0.25, 0.3) is 0 Å². The first-order valence-corrected chi connectivity index (χ1v) is 2.72. The van der Waals surface area contributed by atoms with Crippen LogP contribution in [0.5, 0.6) is 0 Å². The lowest BCUT2D eigenvalue weighted by Gasteiger charge is -1.78. The molecule has 0 aromatic carbocycles. The zero-order valence-corrected chi connectivity index (χ0v) is 4.75. The van der Waals surface area contributed by atoms with Crippen LogP contribution in [0.1, 0.15) is 0 Å². The second-order valence-corrected chi connectivity index (χ2v) is 2.26. The van der Waals surface area contributed by atoms with Gasteiger partial charge in [-0.05, 0) is 0 Å². The highest BCUT2D eigenvalue weighted by molar-refractivity contribution is 7.28. The van der Waals surface area contributed by atoms with Gasteiger partial charge in [-0.1, -0.05) is 6.08 Å². The Kier molecular flexibility index (Phi) is 3.40.